The van der Waals surface area contributed by atoms with Gasteiger partial charge in [0.15, 0.2) is 10.9 Å². The Morgan fingerprint density at radius 1 is 0.837 bits per heavy atom. The van der Waals surface area contributed by atoms with E-state index in [2.05, 4.69) is 33.1 Å². The van der Waals surface area contributed by atoms with Crippen LogP contribution in [0.1, 0.15) is 6.92 Å². The number of nitrogens with zero attached hydrogens (tertiary/aromatic N) is 1. The summed E-state index contributed by atoms with van der Waals surface area (Å²) in [5, 5.41) is 11.0. The number of fused-ring (bicyclic) bond motifs is 1. The monoisotopic (exact) mass is 624 g/mol. The molecule has 0 fully saturated rings. The molecule has 0 unspecified atom stereocenters. The van der Waals surface area contributed by atoms with Gasteiger partial charge in [-0.2, -0.15) is 16.8 Å². The van der Waals surface area contributed by atoms with Crippen LogP contribution in [0.2, 0.25) is 0 Å². The lowest BCUT2D eigenvalue weighted by molar-refractivity contribution is -0.117. The maximum atomic E-state index is 13.5. The van der Waals surface area contributed by atoms with Crippen molar-refractivity contribution >= 4 is 48.3 Å². The molecule has 1 amide bonds. The number of hydrazine groups is 1. The fourth-order valence-corrected chi connectivity index (χ4v) is 5.84. The van der Waals surface area contributed by atoms with Crippen LogP contribution in [0, 0.1) is 15.8 Å². The molecule has 220 valence electrons. The molecule has 15 nitrogen and oxygen atoms in total. The second-order valence-corrected chi connectivity index (χ2v) is 12.1. The van der Waals surface area contributed by atoms with E-state index in [1.54, 1.807) is 6.92 Å². The highest BCUT2D eigenvalue weighted by atomic mass is 32.2. The minimum Gasteiger partial charge on any atom is -0.344 e. The van der Waals surface area contributed by atoms with Crippen molar-refractivity contribution in [2.45, 2.75) is 16.7 Å². The predicted molar refractivity (Wildman–Crippen MR) is 151 cm³/mol. The molecule has 1 aliphatic heterocycles. The van der Waals surface area contributed by atoms with Gasteiger partial charge in [-0.15, -0.1) is 0 Å². The third-order valence-corrected chi connectivity index (χ3v) is 8.21. The first kappa shape index (κ1) is 29.3. The van der Waals surface area contributed by atoms with Crippen molar-refractivity contribution in [1.82, 2.24) is 16.1 Å². The highest BCUT2D eigenvalue weighted by Gasteiger charge is 2.22. The van der Waals surface area contributed by atoms with Gasteiger partial charge < -0.3 is 10.6 Å². The van der Waals surface area contributed by atoms with Crippen LogP contribution >= 0.6 is 0 Å². The van der Waals surface area contributed by atoms with E-state index >= 15 is 0 Å². The van der Waals surface area contributed by atoms with E-state index in [9.17, 15) is 40.3 Å². The van der Waals surface area contributed by atoms with Crippen molar-refractivity contribution in [3.05, 3.63) is 114 Å². The summed E-state index contributed by atoms with van der Waals surface area (Å²) >= 11 is 0. The summed E-state index contributed by atoms with van der Waals surface area (Å²) in [6.45, 7) is 5.13. The summed E-state index contributed by atoms with van der Waals surface area (Å²) in [6, 6.07) is 9.62. The number of amides is 1. The van der Waals surface area contributed by atoms with Crippen LogP contribution in [0.4, 0.5) is 11.4 Å². The van der Waals surface area contributed by atoms with Crippen LogP contribution < -0.4 is 43.1 Å². The Labute approximate surface area is 241 Å². The average molecular weight is 625 g/mol. The molecule has 7 N–H and O–H groups in total. The van der Waals surface area contributed by atoms with Gasteiger partial charge in [-0.25, -0.2) is 4.99 Å². The molecule has 0 saturated carbocycles. The summed E-state index contributed by atoms with van der Waals surface area (Å²) in [7, 11) is -10.0. The van der Waals surface area contributed by atoms with Gasteiger partial charge in [-0.05, 0) is 31.2 Å². The number of benzene rings is 2. The summed E-state index contributed by atoms with van der Waals surface area (Å²) in [5.41, 5.74) is 3.30. The first-order valence-electron chi connectivity index (χ1n) is 12.0. The van der Waals surface area contributed by atoms with Crippen molar-refractivity contribution in [3.8, 4) is 0 Å². The topological polar surface area (TPSA) is 244 Å². The van der Waals surface area contributed by atoms with Crippen LogP contribution in [0.15, 0.2) is 96.7 Å². The van der Waals surface area contributed by atoms with E-state index < -0.39 is 67.9 Å². The third kappa shape index (κ3) is 5.28. The lowest BCUT2D eigenvalue weighted by Crippen LogP contribution is -2.43. The second-order valence-electron chi connectivity index (χ2n) is 9.27. The molecule has 0 aromatic heterocycles. The zero-order chi connectivity index (χ0) is 31.4. The number of carbonyl (C=O) groups is 1. The van der Waals surface area contributed by atoms with Crippen molar-refractivity contribution in [1.29, 1.82) is 5.41 Å². The summed E-state index contributed by atoms with van der Waals surface area (Å²) < 4.78 is 68.4. The molecular weight excluding hydrogens is 604 g/mol. The van der Waals surface area contributed by atoms with E-state index in [0.29, 0.717) is 11.8 Å². The maximum absolute atomic E-state index is 13.5. The largest absolute Gasteiger partial charge is 0.344 e. The molecule has 2 aromatic rings. The molecule has 5 rings (SSSR count). The molecule has 1 heterocycles. The van der Waals surface area contributed by atoms with E-state index in [1.807, 2.05) is 0 Å². The summed E-state index contributed by atoms with van der Waals surface area (Å²) in [5.74, 6) is -0.370. The number of anilines is 1. The van der Waals surface area contributed by atoms with Gasteiger partial charge >= 0.3 is 0 Å². The third-order valence-electron chi connectivity index (χ3n) is 6.44. The van der Waals surface area contributed by atoms with Crippen molar-refractivity contribution in [3.63, 3.8) is 0 Å². The van der Waals surface area contributed by atoms with Gasteiger partial charge in [-0.3, -0.25) is 39.7 Å². The number of hydrogen-bond donors (Lipinski definition) is 7. The molecule has 17 heteroatoms. The lowest BCUT2D eigenvalue weighted by Gasteiger charge is -2.23. The fourth-order valence-electron chi connectivity index (χ4n) is 4.55. The molecule has 2 aromatic carbocycles. The van der Waals surface area contributed by atoms with Crippen LogP contribution in [0.3, 0.4) is 0 Å². The Balaban J connectivity index is 1.77. The second kappa shape index (κ2) is 10.2. The molecule has 3 aliphatic rings. The fraction of sp³-hybridized carbons (Fsp3) is 0.0385. The van der Waals surface area contributed by atoms with Gasteiger partial charge in [0.05, 0.1) is 32.5 Å². The highest BCUT2D eigenvalue weighted by molar-refractivity contribution is 7.86. The number of allylic oxidation sites excluding steroid dienone is 1. The van der Waals surface area contributed by atoms with E-state index in [1.165, 1.54) is 30.3 Å². The molecular formula is C26H20N6O9S2. The Morgan fingerprint density at radius 2 is 1.44 bits per heavy atom. The number of carbonyl (C=O) groups excluding carboxylic acids is 1. The molecule has 0 atom stereocenters. The van der Waals surface area contributed by atoms with Crippen LogP contribution in [0.25, 0.3) is 10.8 Å². The van der Waals surface area contributed by atoms with Gasteiger partial charge in [-0.1, -0.05) is 30.8 Å². The van der Waals surface area contributed by atoms with Crippen LogP contribution in [0.5, 0.6) is 0 Å². The Hall–Kier alpha value is -5.23. The van der Waals surface area contributed by atoms with Crippen molar-refractivity contribution < 1.29 is 30.7 Å². The standard InChI is InChI=1S/C26H20N6O9S2/c1-11-23(26(35)29-12(2)28-11)32-31-16-8-7-13(9-18(16)42(36,37)38)30-17-10-19(43(39,40)41)22(27)21-20(17)24(33)14-5-3-4-6-15(14)25(21)34/h3-10,27-28,31-32H,2H2,1H3,(H,29,35)(H,36,37,38)(H,39,40,41). The first-order valence-corrected chi connectivity index (χ1v) is 14.9. The van der Waals surface area contributed by atoms with E-state index in [0.717, 1.165) is 12.1 Å². The molecule has 0 spiro atoms. The van der Waals surface area contributed by atoms with E-state index in [-0.39, 0.29) is 33.7 Å². The quantitative estimate of drug-likeness (QED) is 0.108. The van der Waals surface area contributed by atoms with Crippen LogP contribution in [-0.4, -0.2) is 31.8 Å². The van der Waals surface area contributed by atoms with Gasteiger partial charge in [0.2, 0.25) is 0 Å². The van der Waals surface area contributed by atoms with Gasteiger partial charge in [0.1, 0.15) is 21.3 Å². The first-order chi connectivity index (χ1) is 20.1. The molecule has 43 heavy (non-hydrogen) atoms. The maximum Gasteiger partial charge on any atom is 0.296 e. The Bertz CT molecular complexity index is 2470. The molecule has 0 saturated heterocycles. The number of nitrogens with one attached hydrogen (secondary N) is 5. The molecule has 0 radical (unpaired) electrons. The number of rotatable bonds is 6. The van der Waals surface area contributed by atoms with Gasteiger partial charge in [0, 0.05) is 16.5 Å². The summed E-state index contributed by atoms with van der Waals surface area (Å²) in [4.78, 5) is 41.5. The predicted octanol–water partition coefficient (Wildman–Crippen LogP) is -0.296. The minimum atomic E-state index is -5.08. The SMILES string of the molecule is C=C1NC(=O)C(NNc2ccc(N=c3cc(S(=O)(=O)O)c(=N)c4c(=O)c5ccccc5c(=O)c3=4)cc2S(=O)(=O)O)=C(C)N1. The molecule has 0 bridgehead atoms. The zero-order valence-corrected chi connectivity index (χ0v) is 23.5. The smallest absolute Gasteiger partial charge is 0.296 e. The van der Waals surface area contributed by atoms with Crippen molar-refractivity contribution in [2.75, 3.05) is 5.43 Å². The average Bonchev–Trinajstić information content (AvgIpc) is 2.91. The highest BCUT2D eigenvalue weighted by Crippen LogP contribution is 2.26. The van der Waals surface area contributed by atoms with E-state index in [4.69, 9.17) is 5.41 Å². The summed E-state index contributed by atoms with van der Waals surface area (Å²) in [6.07, 6.45) is 0. The zero-order valence-electron chi connectivity index (χ0n) is 21.8. The minimum absolute atomic E-state index is 0.0224. The van der Waals surface area contributed by atoms with Crippen LogP contribution in [-0.2, 0) is 25.0 Å². The Morgan fingerprint density at radius 3 is 2.02 bits per heavy atom. The Kier molecular flexibility index (Phi) is 6.97. The molecule has 2 aliphatic carbocycles. The van der Waals surface area contributed by atoms with Crippen molar-refractivity contribution in [2.24, 2.45) is 4.99 Å². The number of hydrogen-bond acceptors (Lipinski definition) is 12. The van der Waals surface area contributed by atoms with Gasteiger partial charge in [0.25, 0.3) is 26.1 Å². The normalized spacial score (nSPS) is 14.6. The lowest BCUT2D eigenvalue weighted by atomic mass is 10.0.